The summed E-state index contributed by atoms with van der Waals surface area (Å²) in [6, 6.07) is 7.51. The Morgan fingerprint density at radius 3 is 2.62 bits per heavy atom. The molecule has 0 spiro atoms. The summed E-state index contributed by atoms with van der Waals surface area (Å²) in [5, 5.41) is 4.80. The van der Waals surface area contributed by atoms with Gasteiger partial charge in [-0.3, -0.25) is 4.79 Å². The van der Waals surface area contributed by atoms with Crippen LogP contribution in [-0.4, -0.2) is 17.6 Å². The van der Waals surface area contributed by atoms with Crippen molar-refractivity contribution in [3.05, 3.63) is 76.7 Å². The Labute approximate surface area is 189 Å². The molecule has 7 nitrogen and oxygen atoms in total. The van der Waals surface area contributed by atoms with Crippen LogP contribution < -0.4 is 20.9 Å². The first-order valence-corrected chi connectivity index (χ1v) is 9.98. The molecule has 4 rings (SSSR count). The fraction of sp³-hybridized carbons (Fsp3) is 0.130. The molecule has 0 saturated heterocycles. The first-order valence-electron chi connectivity index (χ1n) is 9.98. The van der Waals surface area contributed by atoms with E-state index >= 15 is 0 Å². The second-order valence-electron chi connectivity index (χ2n) is 7.11. The van der Waals surface area contributed by atoms with Gasteiger partial charge in [0.1, 0.15) is 17.1 Å². The number of alkyl halides is 3. The number of furan rings is 1. The summed E-state index contributed by atoms with van der Waals surface area (Å²) in [5.41, 5.74) is -0.678. The van der Waals surface area contributed by atoms with Gasteiger partial charge >= 0.3 is 12.2 Å². The fourth-order valence-electron chi connectivity index (χ4n) is 3.37. The van der Waals surface area contributed by atoms with Crippen LogP contribution in [0.1, 0.15) is 12.5 Å². The molecule has 4 aromatic rings. The number of ether oxygens (including phenoxy) is 1. The SMILES string of the molecule is CCOc1ccc(NC(=O)Nc2ccc(-c3c[nH]c(=O)c4ccoc34)cc2F)cc1C(F)(F)F. The second-order valence-corrected chi connectivity index (χ2v) is 7.11. The van der Waals surface area contributed by atoms with E-state index in [4.69, 9.17) is 9.15 Å². The number of benzene rings is 2. The standard InChI is InChI=1S/C23H17F4N3O4/c1-2-33-19-6-4-13(10-16(19)23(25,26)27)29-22(32)30-18-5-3-12(9-17(18)24)15-11-28-21(31)14-7-8-34-20(14)15/h3-11H,2H2,1H3,(H,28,31)(H2,29,30,32). The lowest BCUT2D eigenvalue weighted by atomic mass is 10.1. The van der Waals surface area contributed by atoms with Gasteiger partial charge in [0.05, 0.1) is 29.5 Å². The summed E-state index contributed by atoms with van der Waals surface area (Å²) in [5.74, 6) is -1.17. The molecule has 2 amide bonds. The maximum atomic E-state index is 14.7. The molecular formula is C23H17F4N3O4. The number of aromatic nitrogens is 1. The molecule has 2 heterocycles. The number of pyridine rings is 1. The van der Waals surface area contributed by atoms with E-state index < -0.39 is 23.6 Å². The van der Waals surface area contributed by atoms with E-state index in [-0.39, 0.29) is 34.9 Å². The van der Waals surface area contributed by atoms with Crippen molar-refractivity contribution < 1.29 is 31.5 Å². The number of amides is 2. The first-order chi connectivity index (χ1) is 16.2. The molecule has 2 aromatic carbocycles. The Kier molecular flexibility index (Phi) is 6.01. The van der Waals surface area contributed by atoms with Crippen LogP contribution in [0, 0.1) is 5.82 Å². The first kappa shape index (κ1) is 22.9. The average Bonchev–Trinajstić information content (AvgIpc) is 3.27. The largest absolute Gasteiger partial charge is 0.493 e. The molecule has 0 aliphatic heterocycles. The lowest BCUT2D eigenvalue weighted by Crippen LogP contribution is -2.20. The third kappa shape index (κ3) is 4.58. The highest BCUT2D eigenvalue weighted by molar-refractivity contribution is 6.00. The summed E-state index contributed by atoms with van der Waals surface area (Å²) in [6.45, 7) is 1.59. The maximum absolute atomic E-state index is 14.7. The average molecular weight is 475 g/mol. The smallest absolute Gasteiger partial charge is 0.420 e. The summed E-state index contributed by atoms with van der Waals surface area (Å²) < 4.78 is 64.8. The maximum Gasteiger partial charge on any atom is 0.420 e. The van der Waals surface area contributed by atoms with Gasteiger partial charge in [-0.2, -0.15) is 13.2 Å². The summed E-state index contributed by atoms with van der Waals surface area (Å²) in [4.78, 5) is 26.7. The van der Waals surface area contributed by atoms with Gasteiger partial charge in [-0.25, -0.2) is 9.18 Å². The van der Waals surface area contributed by atoms with Crippen LogP contribution in [0.5, 0.6) is 5.75 Å². The van der Waals surface area contributed by atoms with Crippen LogP contribution in [0.2, 0.25) is 0 Å². The van der Waals surface area contributed by atoms with Crippen molar-refractivity contribution >= 4 is 28.4 Å². The summed E-state index contributed by atoms with van der Waals surface area (Å²) in [6.07, 6.45) is -1.97. The van der Waals surface area contributed by atoms with Gasteiger partial charge in [0, 0.05) is 17.4 Å². The van der Waals surface area contributed by atoms with E-state index in [1.165, 1.54) is 36.7 Å². The van der Waals surface area contributed by atoms with E-state index in [1.54, 1.807) is 6.92 Å². The highest BCUT2D eigenvalue weighted by atomic mass is 19.4. The molecule has 0 radical (unpaired) electrons. The number of hydrogen-bond acceptors (Lipinski definition) is 4. The van der Waals surface area contributed by atoms with Crippen LogP contribution in [0.4, 0.5) is 33.7 Å². The zero-order valence-corrected chi connectivity index (χ0v) is 17.5. The Bertz CT molecular complexity index is 1430. The minimum absolute atomic E-state index is 0.0378. The van der Waals surface area contributed by atoms with Crippen LogP contribution >= 0.6 is 0 Å². The molecule has 176 valence electrons. The van der Waals surface area contributed by atoms with Crippen molar-refractivity contribution in [1.82, 2.24) is 4.98 Å². The summed E-state index contributed by atoms with van der Waals surface area (Å²) >= 11 is 0. The monoisotopic (exact) mass is 475 g/mol. The molecule has 2 aromatic heterocycles. The van der Waals surface area contributed by atoms with E-state index in [2.05, 4.69) is 15.6 Å². The molecule has 0 bridgehead atoms. The van der Waals surface area contributed by atoms with E-state index in [9.17, 15) is 27.2 Å². The van der Waals surface area contributed by atoms with Crippen LogP contribution in [0.3, 0.4) is 0 Å². The molecule has 3 N–H and O–H groups in total. The third-order valence-electron chi connectivity index (χ3n) is 4.87. The van der Waals surface area contributed by atoms with Crippen molar-refractivity contribution in [2.45, 2.75) is 13.1 Å². The summed E-state index contributed by atoms with van der Waals surface area (Å²) in [7, 11) is 0. The number of carbonyl (C=O) groups excluding carboxylic acids is 1. The van der Waals surface area contributed by atoms with Gasteiger partial charge in [0.2, 0.25) is 0 Å². The minimum atomic E-state index is -4.69. The highest BCUT2D eigenvalue weighted by Crippen LogP contribution is 2.38. The second kappa shape index (κ2) is 8.93. The van der Waals surface area contributed by atoms with Gasteiger partial charge < -0.3 is 24.8 Å². The zero-order chi connectivity index (χ0) is 24.5. The fourth-order valence-corrected chi connectivity index (χ4v) is 3.37. The molecule has 0 unspecified atom stereocenters. The van der Waals surface area contributed by atoms with Crippen molar-refractivity contribution in [3.63, 3.8) is 0 Å². The molecular weight excluding hydrogens is 458 g/mol. The Balaban J connectivity index is 1.53. The van der Waals surface area contributed by atoms with Gasteiger partial charge in [-0.05, 0) is 48.9 Å². The number of hydrogen-bond donors (Lipinski definition) is 3. The number of anilines is 2. The van der Waals surface area contributed by atoms with E-state index in [0.29, 0.717) is 16.5 Å². The van der Waals surface area contributed by atoms with E-state index in [0.717, 1.165) is 18.2 Å². The number of H-pyrrole nitrogens is 1. The predicted molar refractivity (Wildman–Crippen MR) is 117 cm³/mol. The van der Waals surface area contributed by atoms with Gasteiger partial charge in [0.25, 0.3) is 5.56 Å². The third-order valence-corrected chi connectivity index (χ3v) is 4.87. The van der Waals surface area contributed by atoms with Crippen molar-refractivity contribution in [1.29, 1.82) is 0 Å². The number of aromatic amines is 1. The molecule has 0 aliphatic rings. The lowest BCUT2D eigenvalue weighted by molar-refractivity contribution is -0.138. The normalized spacial score (nSPS) is 11.4. The molecule has 0 atom stereocenters. The Morgan fingerprint density at radius 2 is 1.91 bits per heavy atom. The number of carbonyl (C=O) groups is 1. The minimum Gasteiger partial charge on any atom is -0.493 e. The topological polar surface area (TPSA) is 96.4 Å². The molecule has 0 fully saturated rings. The van der Waals surface area contributed by atoms with Crippen LogP contribution in [0.25, 0.3) is 22.1 Å². The van der Waals surface area contributed by atoms with Crippen molar-refractivity contribution in [3.8, 4) is 16.9 Å². The lowest BCUT2D eigenvalue weighted by Gasteiger charge is -2.15. The number of urea groups is 1. The Hall–Kier alpha value is -4.28. The number of halogens is 4. The zero-order valence-electron chi connectivity index (χ0n) is 17.5. The van der Waals surface area contributed by atoms with Crippen molar-refractivity contribution in [2.75, 3.05) is 17.2 Å². The van der Waals surface area contributed by atoms with Crippen LogP contribution in [0.15, 0.2) is 64.1 Å². The molecule has 0 aliphatic carbocycles. The van der Waals surface area contributed by atoms with E-state index in [1.807, 2.05) is 0 Å². The molecule has 34 heavy (non-hydrogen) atoms. The van der Waals surface area contributed by atoms with Gasteiger partial charge in [-0.15, -0.1) is 0 Å². The quantitative estimate of drug-likeness (QED) is 0.309. The van der Waals surface area contributed by atoms with Gasteiger partial charge in [-0.1, -0.05) is 6.07 Å². The van der Waals surface area contributed by atoms with Crippen molar-refractivity contribution in [2.24, 2.45) is 0 Å². The Morgan fingerprint density at radius 1 is 1.12 bits per heavy atom. The predicted octanol–water partition coefficient (Wildman–Crippen LogP) is 5.99. The number of rotatable bonds is 5. The number of nitrogens with one attached hydrogen (secondary N) is 3. The molecule has 11 heteroatoms. The van der Waals surface area contributed by atoms with Crippen LogP contribution in [-0.2, 0) is 6.18 Å². The highest BCUT2D eigenvalue weighted by Gasteiger charge is 2.34. The molecule has 0 saturated carbocycles. The number of fused-ring (bicyclic) bond motifs is 1. The van der Waals surface area contributed by atoms with Gasteiger partial charge in [0.15, 0.2) is 0 Å².